The predicted octanol–water partition coefficient (Wildman–Crippen LogP) is 1.86. The van der Waals surface area contributed by atoms with Gasteiger partial charge in [-0.15, -0.1) is 0 Å². The highest BCUT2D eigenvalue weighted by molar-refractivity contribution is 7.89. The molecule has 0 amide bonds. The molecule has 0 bridgehead atoms. The van der Waals surface area contributed by atoms with E-state index in [2.05, 4.69) is 10.0 Å². The Hall–Kier alpha value is -2.96. The van der Waals surface area contributed by atoms with E-state index >= 15 is 0 Å². The average Bonchev–Trinajstić information content (AvgIpc) is 2.59. The van der Waals surface area contributed by atoms with Crippen molar-refractivity contribution in [3.05, 3.63) is 64.2 Å². The quantitative estimate of drug-likeness (QED) is 0.448. The first-order valence-electron chi connectivity index (χ1n) is 6.90. The zero-order chi connectivity index (χ0) is 17.6. The van der Waals surface area contributed by atoms with Gasteiger partial charge in [-0.2, -0.15) is 5.26 Å². The lowest BCUT2D eigenvalue weighted by Crippen LogP contribution is -2.29. The summed E-state index contributed by atoms with van der Waals surface area (Å²) in [6, 6.07) is 13.4. The summed E-state index contributed by atoms with van der Waals surface area (Å²) in [7, 11) is -3.70. The Balaban J connectivity index is 1.89. The first-order chi connectivity index (χ1) is 11.4. The first kappa shape index (κ1) is 17.4. The van der Waals surface area contributed by atoms with E-state index in [1.54, 1.807) is 12.1 Å². The van der Waals surface area contributed by atoms with Gasteiger partial charge in [0.25, 0.3) is 5.69 Å². The van der Waals surface area contributed by atoms with Gasteiger partial charge in [-0.1, -0.05) is 6.07 Å². The number of nitrogens with one attached hydrogen (secondary N) is 2. The Morgan fingerprint density at radius 2 is 1.83 bits per heavy atom. The fourth-order valence-electron chi connectivity index (χ4n) is 1.91. The summed E-state index contributed by atoms with van der Waals surface area (Å²) in [6.07, 6.45) is 0. The van der Waals surface area contributed by atoms with E-state index in [1.807, 2.05) is 6.07 Å². The Labute approximate surface area is 138 Å². The molecule has 2 N–H and O–H groups in total. The number of nitrogens with zero attached hydrogens (tertiary/aromatic N) is 2. The number of anilines is 1. The third kappa shape index (κ3) is 4.52. The summed E-state index contributed by atoms with van der Waals surface area (Å²) in [5, 5.41) is 22.3. The van der Waals surface area contributed by atoms with Crippen molar-refractivity contribution >= 4 is 21.4 Å². The normalized spacial score (nSPS) is 10.8. The maximum absolute atomic E-state index is 12.1. The topological polar surface area (TPSA) is 125 Å². The van der Waals surface area contributed by atoms with Gasteiger partial charge < -0.3 is 5.32 Å². The van der Waals surface area contributed by atoms with Crippen LogP contribution in [0.3, 0.4) is 0 Å². The summed E-state index contributed by atoms with van der Waals surface area (Å²) >= 11 is 0. The average molecular weight is 346 g/mol. The standard InChI is InChI=1S/C15H14N4O4S/c16-11-12-2-1-3-15(10-12)24(22,23)18-9-8-17-13-4-6-14(7-5-13)19(20)21/h1-7,10,17-18H,8-9H2. The molecule has 8 nitrogen and oxygen atoms in total. The van der Waals surface area contributed by atoms with Crippen LogP contribution in [-0.2, 0) is 10.0 Å². The molecule has 2 aromatic carbocycles. The molecule has 124 valence electrons. The van der Waals surface area contributed by atoms with E-state index in [4.69, 9.17) is 5.26 Å². The summed E-state index contributed by atoms with van der Waals surface area (Å²) in [6.45, 7) is 0.422. The van der Waals surface area contributed by atoms with Crippen LogP contribution in [0.5, 0.6) is 0 Å². The van der Waals surface area contributed by atoms with Gasteiger partial charge in [-0.05, 0) is 30.3 Å². The molecule has 0 aromatic heterocycles. The van der Waals surface area contributed by atoms with Crippen molar-refractivity contribution in [1.29, 1.82) is 5.26 Å². The number of benzene rings is 2. The van der Waals surface area contributed by atoms with Crippen molar-refractivity contribution in [2.75, 3.05) is 18.4 Å². The van der Waals surface area contributed by atoms with Gasteiger partial charge in [0, 0.05) is 30.9 Å². The molecule has 0 radical (unpaired) electrons. The van der Waals surface area contributed by atoms with Crippen molar-refractivity contribution < 1.29 is 13.3 Å². The fourth-order valence-corrected chi connectivity index (χ4v) is 2.99. The molecule has 0 aliphatic rings. The lowest BCUT2D eigenvalue weighted by Gasteiger charge is -2.09. The third-order valence-electron chi connectivity index (χ3n) is 3.10. The largest absolute Gasteiger partial charge is 0.384 e. The summed E-state index contributed by atoms with van der Waals surface area (Å²) in [5.74, 6) is 0. The molecule has 9 heteroatoms. The smallest absolute Gasteiger partial charge is 0.269 e. The number of nitriles is 1. The predicted molar refractivity (Wildman–Crippen MR) is 87.9 cm³/mol. The molecule has 24 heavy (non-hydrogen) atoms. The van der Waals surface area contributed by atoms with Gasteiger partial charge >= 0.3 is 0 Å². The van der Waals surface area contributed by atoms with Crippen molar-refractivity contribution in [2.45, 2.75) is 4.90 Å². The Morgan fingerprint density at radius 1 is 1.12 bits per heavy atom. The highest BCUT2D eigenvalue weighted by Crippen LogP contribution is 2.15. The minimum atomic E-state index is -3.70. The van der Waals surface area contributed by atoms with Gasteiger partial charge in [0.15, 0.2) is 0 Å². The Morgan fingerprint density at radius 3 is 2.46 bits per heavy atom. The molecule has 0 fully saturated rings. The summed E-state index contributed by atoms with van der Waals surface area (Å²) < 4.78 is 26.6. The maximum atomic E-state index is 12.1. The monoisotopic (exact) mass is 346 g/mol. The molecule has 0 atom stereocenters. The molecule has 0 saturated heterocycles. The maximum Gasteiger partial charge on any atom is 0.269 e. The number of rotatable bonds is 7. The number of hydrogen-bond acceptors (Lipinski definition) is 6. The minimum Gasteiger partial charge on any atom is -0.384 e. The summed E-state index contributed by atoms with van der Waals surface area (Å²) in [4.78, 5) is 10.1. The molecule has 2 aromatic rings. The van der Waals surface area contributed by atoms with Gasteiger partial charge in [-0.25, -0.2) is 13.1 Å². The van der Waals surface area contributed by atoms with Gasteiger partial charge in [0.05, 0.1) is 21.5 Å². The fraction of sp³-hybridized carbons (Fsp3) is 0.133. The van der Waals surface area contributed by atoms with E-state index in [0.717, 1.165) is 0 Å². The van der Waals surface area contributed by atoms with Crippen molar-refractivity contribution in [3.8, 4) is 6.07 Å². The number of nitro groups is 1. The number of sulfonamides is 1. The van der Waals surface area contributed by atoms with Gasteiger partial charge in [-0.3, -0.25) is 10.1 Å². The van der Waals surface area contributed by atoms with Crippen LogP contribution in [0, 0.1) is 21.4 Å². The number of non-ortho nitro benzene ring substituents is 1. The van der Waals surface area contributed by atoms with Crippen LogP contribution in [-0.4, -0.2) is 26.4 Å². The van der Waals surface area contributed by atoms with E-state index in [1.165, 1.54) is 36.4 Å². The highest BCUT2D eigenvalue weighted by atomic mass is 32.2. The van der Waals surface area contributed by atoms with E-state index in [0.29, 0.717) is 12.2 Å². The molecule has 0 aliphatic heterocycles. The second-order valence-corrected chi connectivity index (χ2v) is 6.54. The van der Waals surface area contributed by atoms with Crippen LogP contribution in [0.1, 0.15) is 5.56 Å². The van der Waals surface area contributed by atoms with Crippen LogP contribution >= 0.6 is 0 Å². The summed E-state index contributed by atoms with van der Waals surface area (Å²) in [5.41, 5.74) is 0.895. The Kier molecular flexibility index (Phi) is 5.47. The van der Waals surface area contributed by atoms with Crippen molar-refractivity contribution in [1.82, 2.24) is 4.72 Å². The van der Waals surface area contributed by atoms with Crippen LogP contribution in [0.2, 0.25) is 0 Å². The SMILES string of the molecule is N#Cc1cccc(S(=O)(=O)NCCNc2ccc([N+](=O)[O-])cc2)c1. The zero-order valence-electron chi connectivity index (χ0n) is 12.5. The second-order valence-electron chi connectivity index (χ2n) is 4.77. The van der Waals surface area contributed by atoms with Gasteiger partial charge in [0.2, 0.25) is 10.0 Å². The van der Waals surface area contributed by atoms with Crippen molar-refractivity contribution in [3.63, 3.8) is 0 Å². The molecular formula is C15H14N4O4S. The minimum absolute atomic E-state index is 0.0152. The van der Waals surface area contributed by atoms with E-state index in [-0.39, 0.29) is 22.7 Å². The molecule has 0 unspecified atom stereocenters. The molecule has 0 spiro atoms. The van der Waals surface area contributed by atoms with Crippen LogP contribution < -0.4 is 10.0 Å². The van der Waals surface area contributed by atoms with E-state index in [9.17, 15) is 18.5 Å². The van der Waals surface area contributed by atoms with Crippen LogP contribution in [0.15, 0.2) is 53.4 Å². The molecular weight excluding hydrogens is 332 g/mol. The van der Waals surface area contributed by atoms with Gasteiger partial charge in [0.1, 0.15) is 0 Å². The number of hydrogen-bond donors (Lipinski definition) is 2. The zero-order valence-corrected chi connectivity index (χ0v) is 13.3. The molecule has 0 aliphatic carbocycles. The molecule has 2 rings (SSSR count). The highest BCUT2D eigenvalue weighted by Gasteiger charge is 2.13. The first-order valence-corrected chi connectivity index (χ1v) is 8.39. The third-order valence-corrected chi connectivity index (χ3v) is 4.56. The van der Waals surface area contributed by atoms with Crippen LogP contribution in [0.25, 0.3) is 0 Å². The van der Waals surface area contributed by atoms with Crippen LogP contribution in [0.4, 0.5) is 11.4 Å². The van der Waals surface area contributed by atoms with Crippen molar-refractivity contribution in [2.24, 2.45) is 0 Å². The number of nitro benzene ring substituents is 1. The Bertz CT molecular complexity index is 873. The molecule has 0 heterocycles. The molecule has 0 saturated carbocycles. The lowest BCUT2D eigenvalue weighted by atomic mass is 10.2. The lowest BCUT2D eigenvalue weighted by molar-refractivity contribution is -0.384. The second kappa shape index (κ2) is 7.54. The van der Waals surface area contributed by atoms with E-state index < -0.39 is 14.9 Å².